The number of halogens is 1. The topological polar surface area (TPSA) is 66.4 Å². The third-order valence-corrected chi connectivity index (χ3v) is 1.51. The van der Waals surface area contributed by atoms with E-state index in [1.54, 1.807) is 6.92 Å². The van der Waals surface area contributed by atoms with Crippen LogP contribution in [0.3, 0.4) is 0 Å². The minimum absolute atomic E-state index is 0.320. The van der Waals surface area contributed by atoms with Gasteiger partial charge in [-0.3, -0.25) is 9.59 Å². The smallest absolute Gasteiger partial charge is 0.325 e. The summed E-state index contributed by atoms with van der Waals surface area (Å²) in [5.74, 6) is -1.36. The van der Waals surface area contributed by atoms with E-state index in [-0.39, 0.29) is 10.7 Å². The molecule has 0 fully saturated rings. The number of rotatable bonds is 3. The summed E-state index contributed by atoms with van der Waals surface area (Å²) in [6.07, 6.45) is 0. The fourth-order valence-electron chi connectivity index (χ4n) is 0.390. The number of nitrogens with one attached hydrogen (secondary N) is 1. The van der Waals surface area contributed by atoms with Crippen molar-refractivity contribution in [2.24, 2.45) is 0 Å². The first-order chi connectivity index (χ1) is 4.95. The van der Waals surface area contributed by atoms with Crippen molar-refractivity contribution in [2.75, 3.05) is 0 Å². The predicted molar refractivity (Wildman–Crippen MR) is 43.6 cm³/mol. The van der Waals surface area contributed by atoms with Crippen molar-refractivity contribution in [1.82, 2.24) is 5.32 Å². The Morgan fingerprint density at radius 3 is 2.18 bits per heavy atom. The van der Waals surface area contributed by atoms with E-state index < -0.39 is 12.0 Å². The van der Waals surface area contributed by atoms with Crippen molar-refractivity contribution in [3.8, 4) is 0 Å². The van der Waals surface area contributed by atoms with E-state index in [9.17, 15) is 9.59 Å². The van der Waals surface area contributed by atoms with Crippen LogP contribution in [0.4, 0.5) is 0 Å². The Morgan fingerprint density at radius 2 is 1.91 bits per heavy atom. The van der Waals surface area contributed by atoms with Crippen molar-refractivity contribution >= 4 is 27.8 Å². The molecule has 0 rings (SSSR count). The number of alkyl halides is 1. The molecule has 0 spiro atoms. The van der Waals surface area contributed by atoms with E-state index in [0.29, 0.717) is 0 Å². The van der Waals surface area contributed by atoms with Gasteiger partial charge in [-0.1, -0.05) is 15.9 Å². The highest BCUT2D eigenvalue weighted by Gasteiger charge is 2.16. The molecule has 4 nitrogen and oxygen atoms in total. The van der Waals surface area contributed by atoms with Crippen LogP contribution in [0.15, 0.2) is 0 Å². The second-order valence-corrected chi connectivity index (χ2v) is 3.56. The standard InChI is InChI=1S/C6H10BrNO3/c1-3(7)5(9)8-4(2)6(10)11/h3-4H,1-2H3,(H,8,9)(H,10,11)/t3-,4+/m0/s1. The Hall–Kier alpha value is -0.580. The third kappa shape index (κ3) is 3.98. The van der Waals surface area contributed by atoms with Crippen LogP contribution in [0, 0.1) is 0 Å². The lowest BCUT2D eigenvalue weighted by Gasteiger charge is -2.09. The van der Waals surface area contributed by atoms with E-state index in [2.05, 4.69) is 21.2 Å². The molecule has 0 aliphatic rings. The second-order valence-electron chi connectivity index (χ2n) is 2.18. The molecule has 0 aromatic heterocycles. The Balaban J connectivity index is 3.85. The Kier molecular flexibility index (Phi) is 4.10. The molecular formula is C6H10BrNO3. The number of carbonyl (C=O) groups excluding carboxylic acids is 1. The summed E-state index contributed by atoms with van der Waals surface area (Å²) in [6.45, 7) is 3.04. The summed E-state index contributed by atoms with van der Waals surface area (Å²) >= 11 is 3.01. The van der Waals surface area contributed by atoms with Gasteiger partial charge in [0.25, 0.3) is 0 Å². The molecular weight excluding hydrogens is 214 g/mol. The van der Waals surface area contributed by atoms with Gasteiger partial charge in [-0.25, -0.2) is 0 Å². The summed E-state index contributed by atoms with van der Waals surface area (Å²) < 4.78 is 0. The van der Waals surface area contributed by atoms with Crippen LogP contribution in [0.2, 0.25) is 0 Å². The van der Waals surface area contributed by atoms with Crippen LogP contribution in [0.5, 0.6) is 0 Å². The molecule has 0 saturated heterocycles. The summed E-state index contributed by atoms with van der Waals surface area (Å²) in [4.78, 5) is 20.7. The van der Waals surface area contributed by atoms with E-state index in [4.69, 9.17) is 5.11 Å². The molecule has 0 aliphatic carbocycles. The fraction of sp³-hybridized carbons (Fsp3) is 0.667. The molecule has 5 heteroatoms. The first-order valence-electron chi connectivity index (χ1n) is 3.12. The zero-order chi connectivity index (χ0) is 9.02. The normalized spacial score (nSPS) is 15.2. The van der Waals surface area contributed by atoms with Crippen LogP contribution in [-0.2, 0) is 9.59 Å². The van der Waals surface area contributed by atoms with Gasteiger partial charge in [0.15, 0.2) is 0 Å². The molecule has 1 amide bonds. The van der Waals surface area contributed by atoms with Crippen LogP contribution in [-0.4, -0.2) is 27.9 Å². The number of hydrogen-bond acceptors (Lipinski definition) is 2. The predicted octanol–water partition coefficient (Wildman–Crippen LogP) is 0.359. The van der Waals surface area contributed by atoms with Crippen LogP contribution >= 0.6 is 15.9 Å². The van der Waals surface area contributed by atoms with Gasteiger partial charge in [0.1, 0.15) is 6.04 Å². The SMILES string of the molecule is C[C@H](Br)C(=O)N[C@H](C)C(=O)O. The Bertz CT molecular complexity index is 169. The van der Waals surface area contributed by atoms with Gasteiger partial charge >= 0.3 is 5.97 Å². The van der Waals surface area contributed by atoms with E-state index >= 15 is 0 Å². The number of carboxylic acids is 1. The highest BCUT2D eigenvalue weighted by Crippen LogP contribution is 1.97. The van der Waals surface area contributed by atoms with Crippen LogP contribution < -0.4 is 5.32 Å². The van der Waals surface area contributed by atoms with Gasteiger partial charge in [-0.05, 0) is 13.8 Å². The van der Waals surface area contributed by atoms with E-state index in [1.807, 2.05) is 0 Å². The summed E-state index contributed by atoms with van der Waals surface area (Å²) in [6, 6.07) is -0.831. The number of carboxylic acid groups (broad SMARTS) is 1. The highest BCUT2D eigenvalue weighted by atomic mass is 79.9. The molecule has 0 aliphatic heterocycles. The maximum Gasteiger partial charge on any atom is 0.325 e. The molecule has 11 heavy (non-hydrogen) atoms. The largest absolute Gasteiger partial charge is 0.480 e. The Morgan fingerprint density at radius 1 is 1.45 bits per heavy atom. The first-order valence-corrected chi connectivity index (χ1v) is 4.04. The monoisotopic (exact) mass is 223 g/mol. The van der Waals surface area contributed by atoms with E-state index in [0.717, 1.165) is 0 Å². The van der Waals surface area contributed by atoms with Crippen molar-refractivity contribution in [1.29, 1.82) is 0 Å². The molecule has 0 bridgehead atoms. The molecule has 0 aromatic rings. The lowest BCUT2D eigenvalue weighted by molar-refractivity contribution is -0.141. The minimum atomic E-state index is -1.04. The quantitative estimate of drug-likeness (QED) is 0.680. The maximum atomic E-state index is 10.8. The van der Waals surface area contributed by atoms with Crippen molar-refractivity contribution in [3.63, 3.8) is 0 Å². The minimum Gasteiger partial charge on any atom is -0.480 e. The van der Waals surface area contributed by atoms with Crippen molar-refractivity contribution in [2.45, 2.75) is 24.7 Å². The number of hydrogen-bond donors (Lipinski definition) is 2. The van der Waals surface area contributed by atoms with Crippen molar-refractivity contribution < 1.29 is 14.7 Å². The summed E-state index contributed by atoms with van der Waals surface area (Å²) in [5.41, 5.74) is 0. The molecule has 0 saturated carbocycles. The number of carbonyl (C=O) groups is 2. The first kappa shape index (κ1) is 10.4. The van der Waals surface area contributed by atoms with Gasteiger partial charge in [-0.15, -0.1) is 0 Å². The lowest BCUT2D eigenvalue weighted by atomic mass is 10.3. The van der Waals surface area contributed by atoms with Gasteiger partial charge < -0.3 is 10.4 Å². The zero-order valence-corrected chi connectivity index (χ0v) is 7.88. The van der Waals surface area contributed by atoms with Gasteiger partial charge in [0.2, 0.25) is 5.91 Å². The summed E-state index contributed by atoms with van der Waals surface area (Å²) in [7, 11) is 0. The number of amides is 1. The van der Waals surface area contributed by atoms with Crippen LogP contribution in [0.1, 0.15) is 13.8 Å². The molecule has 2 N–H and O–H groups in total. The van der Waals surface area contributed by atoms with Gasteiger partial charge in [0.05, 0.1) is 4.83 Å². The lowest BCUT2D eigenvalue weighted by Crippen LogP contribution is -2.41. The zero-order valence-electron chi connectivity index (χ0n) is 6.30. The highest BCUT2D eigenvalue weighted by molar-refractivity contribution is 9.10. The average molecular weight is 224 g/mol. The van der Waals surface area contributed by atoms with Crippen molar-refractivity contribution in [3.05, 3.63) is 0 Å². The van der Waals surface area contributed by atoms with Crippen LogP contribution in [0.25, 0.3) is 0 Å². The third-order valence-electron chi connectivity index (χ3n) is 1.09. The second kappa shape index (κ2) is 4.33. The summed E-state index contributed by atoms with van der Waals surface area (Å²) in [5, 5.41) is 10.7. The van der Waals surface area contributed by atoms with Gasteiger partial charge in [-0.2, -0.15) is 0 Å². The maximum absolute atomic E-state index is 10.8. The average Bonchev–Trinajstić information content (AvgIpc) is 1.87. The molecule has 64 valence electrons. The molecule has 0 radical (unpaired) electrons. The molecule has 0 unspecified atom stereocenters. The fourth-order valence-corrected chi connectivity index (χ4v) is 0.522. The molecule has 2 atom stereocenters. The van der Waals surface area contributed by atoms with Gasteiger partial charge in [0, 0.05) is 0 Å². The number of aliphatic carboxylic acids is 1. The molecule has 0 aromatic carbocycles. The Labute approximate surface area is 73.1 Å². The van der Waals surface area contributed by atoms with E-state index in [1.165, 1.54) is 6.92 Å². The molecule has 0 heterocycles.